The van der Waals surface area contributed by atoms with E-state index in [4.69, 9.17) is 5.73 Å². The molecule has 96 valence electrons. The Hall–Kier alpha value is -1.36. The van der Waals surface area contributed by atoms with Crippen LogP contribution < -0.4 is 5.73 Å². The summed E-state index contributed by atoms with van der Waals surface area (Å²) >= 11 is 3.24. The molecule has 0 aromatic heterocycles. The zero-order valence-corrected chi connectivity index (χ0v) is 11.5. The van der Waals surface area contributed by atoms with E-state index in [1.54, 1.807) is 4.90 Å². The van der Waals surface area contributed by atoms with Crippen LogP contribution in [0.1, 0.15) is 17.5 Å². The van der Waals surface area contributed by atoms with Crippen LogP contribution in [-0.2, 0) is 22.6 Å². The molecule has 0 aliphatic carbocycles. The van der Waals surface area contributed by atoms with Crippen molar-refractivity contribution in [2.75, 3.05) is 5.33 Å². The Morgan fingerprint density at radius 2 is 2.00 bits per heavy atom. The van der Waals surface area contributed by atoms with Crippen molar-refractivity contribution in [3.63, 3.8) is 0 Å². The predicted molar refractivity (Wildman–Crippen MR) is 72.1 cm³/mol. The van der Waals surface area contributed by atoms with E-state index in [1.807, 2.05) is 24.3 Å². The van der Waals surface area contributed by atoms with E-state index >= 15 is 0 Å². The van der Waals surface area contributed by atoms with Gasteiger partial charge in [0.05, 0.1) is 0 Å². The standard InChI is InChI=1S/C13H15BrN2O2/c14-6-5-12(17)16-8-10-4-2-1-3-9(10)7-11(16)13(15)18/h1-4,11H,5-8H2,(H2,15,18)/t11-/m0/s1. The molecule has 0 radical (unpaired) electrons. The van der Waals surface area contributed by atoms with Crippen LogP contribution in [0.2, 0.25) is 0 Å². The molecule has 0 spiro atoms. The lowest BCUT2D eigenvalue weighted by Crippen LogP contribution is -2.51. The lowest BCUT2D eigenvalue weighted by molar-refractivity contribution is -0.140. The number of halogens is 1. The Bertz CT molecular complexity index is 476. The normalized spacial score (nSPS) is 18.3. The van der Waals surface area contributed by atoms with Crippen molar-refractivity contribution in [2.24, 2.45) is 5.73 Å². The summed E-state index contributed by atoms with van der Waals surface area (Å²) in [4.78, 5) is 25.1. The maximum absolute atomic E-state index is 12.0. The molecule has 2 N–H and O–H groups in total. The highest BCUT2D eigenvalue weighted by atomic mass is 79.9. The van der Waals surface area contributed by atoms with E-state index in [9.17, 15) is 9.59 Å². The number of hydrogen-bond acceptors (Lipinski definition) is 2. The van der Waals surface area contributed by atoms with E-state index in [2.05, 4.69) is 15.9 Å². The minimum atomic E-state index is -0.522. The van der Waals surface area contributed by atoms with Gasteiger partial charge in [0.15, 0.2) is 0 Å². The highest BCUT2D eigenvalue weighted by Gasteiger charge is 2.32. The van der Waals surface area contributed by atoms with Crippen LogP contribution in [0.15, 0.2) is 24.3 Å². The van der Waals surface area contributed by atoms with Crippen LogP contribution in [0.5, 0.6) is 0 Å². The third kappa shape index (κ3) is 2.56. The van der Waals surface area contributed by atoms with E-state index < -0.39 is 11.9 Å². The Kier molecular flexibility index (Phi) is 4.01. The molecule has 0 saturated carbocycles. The fourth-order valence-corrected chi connectivity index (χ4v) is 2.60. The molecule has 0 bridgehead atoms. The number of carbonyl (C=O) groups excluding carboxylic acids is 2. The molecule has 1 aliphatic rings. The Labute approximate surface area is 114 Å². The highest BCUT2D eigenvalue weighted by Crippen LogP contribution is 2.23. The van der Waals surface area contributed by atoms with Gasteiger partial charge in [0.2, 0.25) is 11.8 Å². The number of nitrogens with two attached hydrogens (primary N) is 1. The summed E-state index contributed by atoms with van der Waals surface area (Å²) in [6, 6.07) is 7.33. The van der Waals surface area contributed by atoms with Crippen molar-refractivity contribution in [1.82, 2.24) is 4.90 Å². The minimum Gasteiger partial charge on any atom is -0.368 e. The number of amides is 2. The van der Waals surface area contributed by atoms with Crippen LogP contribution >= 0.6 is 15.9 Å². The molecule has 5 heteroatoms. The first-order chi connectivity index (χ1) is 8.63. The summed E-state index contributed by atoms with van der Waals surface area (Å²) in [5.41, 5.74) is 7.60. The van der Waals surface area contributed by atoms with Crippen molar-refractivity contribution in [1.29, 1.82) is 0 Å². The number of alkyl halides is 1. The van der Waals surface area contributed by atoms with Crippen molar-refractivity contribution >= 4 is 27.7 Å². The molecule has 0 fully saturated rings. The summed E-state index contributed by atoms with van der Waals surface area (Å²) in [5, 5.41) is 0.593. The molecular weight excluding hydrogens is 296 g/mol. The summed E-state index contributed by atoms with van der Waals surface area (Å²) in [6.07, 6.45) is 0.894. The second-order valence-electron chi connectivity index (χ2n) is 4.35. The fourth-order valence-electron chi connectivity index (χ4n) is 2.26. The number of nitrogens with zero attached hydrogens (tertiary/aromatic N) is 1. The molecule has 0 unspecified atom stereocenters. The maximum Gasteiger partial charge on any atom is 0.240 e. The molecule has 1 aliphatic heterocycles. The molecule has 4 nitrogen and oxygen atoms in total. The van der Waals surface area contributed by atoms with Gasteiger partial charge in [0.25, 0.3) is 0 Å². The number of benzene rings is 1. The molecule has 2 rings (SSSR count). The Morgan fingerprint density at radius 3 is 2.61 bits per heavy atom. The molecule has 2 amide bonds. The zero-order valence-electron chi connectivity index (χ0n) is 9.93. The number of fused-ring (bicyclic) bond motifs is 1. The Morgan fingerprint density at radius 1 is 1.33 bits per heavy atom. The van der Waals surface area contributed by atoms with Gasteiger partial charge < -0.3 is 10.6 Å². The van der Waals surface area contributed by atoms with E-state index in [-0.39, 0.29) is 5.91 Å². The van der Waals surface area contributed by atoms with Gasteiger partial charge in [-0.2, -0.15) is 0 Å². The van der Waals surface area contributed by atoms with Gasteiger partial charge in [0.1, 0.15) is 6.04 Å². The van der Waals surface area contributed by atoms with Gasteiger partial charge in [-0.25, -0.2) is 0 Å². The third-order valence-corrected chi connectivity index (χ3v) is 3.60. The number of hydrogen-bond donors (Lipinski definition) is 1. The van der Waals surface area contributed by atoms with Crippen molar-refractivity contribution in [3.05, 3.63) is 35.4 Å². The second-order valence-corrected chi connectivity index (χ2v) is 5.14. The first-order valence-electron chi connectivity index (χ1n) is 5.85. The predicted octanol–water partition coefficient (Wildman–Crippen LogP) is 1.21. The summed E-state index contributed by atoms with van der Waals surface area (Å²) < 4.78 is 0. The van der Waals surface area contributed by atoms with Gasteiger partial charge in [-0.15, -0.1) is 0 Å². The van der Waals surface area contributed by atoms with Gasteiger partial charge in [-0.3, -0.25) is 9.59 Å². The minimum absolute atomic E-state index is 0.0369. The van der Waals surface area contributed by atoms with Crippen LogP contribution in [0, 0.1) is 0 Å². The van der Waals surface area contributed by atoms with Gasteiger partial charge >= 0.3 is 0 Å². The van der Waals surface area contributed by atoms with Gasteiger partial charge in [0, 0.05) is 24.7 Å². The number of rotatable bonds is 3. The molecule has 1 aromatic carbocycles. The average molecular weight is 311 g/mol. The van der Waals surface area contributed by atoms with Gasteiger partial charge in [-0.1, -0.05) is 40.2 Å². The maximum atomic E-state index is 12.0. The molecule has 1 aromatic rings. The topological polar surface area (TPSA) is 63.4 Å². The van der Waals surface area contributed by atoms with Crippen molar-refractivity contribution < 1.29 is 9.59 Å². The van der Waals surface area contributed by atoms with E-state index in [0.717, 1.165) is 11.1 Å². The zero-order chi connectivity index (χ0) is 13.1. The van der Waals surface area contributed by atoms with Crippen LogP contribution in [0.3, 0.4) is 0 Å². The van der Waals surface area contributed by atoms with Crippen LogP contribution in [-0.4, -0.2) is 28.1 Å². The fraction of sp³-hybridized carbons (Fsp3) is 0.385. The van der Waals surface area contributed by atoms with E-state index in [0.29, 0.717) is 24.7 Å². The van der Waals surface area contributed by atoms with Gasteiger partial charge in [-0.05, 0) is 11.1 Å². The molecular formula is C13H15BrN2O2. The third-order valence-electron chi connectivity index (χ3n) is 3.21. The highest BCUT2D eigenvalue weighted by molar-refractivity contribution is 9.09. The summed E-state index contributed by atoms with van der Waals surface area (Å²) in [5.74, 6) is -0.474. The monoisotopic (exact) mass is 310 g/mol. The lowest BCUT2D eigenvalue weighted by Gasteiger charge is -2.35. The first-order valence-corrected chi connectivity index (χ1v) is 6.97. The number of primary amides is 1. The Balaban J connectivity index is 2.28. The van der Waals surface area contributed by atoms with Crippen molar-refractivity contribution in [3.8, 4) is 0 Å². The summed E-state index contributed by atoms with van der Waals surface area (Å²) in [7, 11) is 0. The van der Waals surface area contributed by atoms with Crippen LogP contribution in [0.4, 0.5) is 0 Å². The summed E-state index contributed by atoms with van der Waals surface area (Å²) in [6.45, 7) is 0.468. The number of carbonyl (C=O) groups is 2. The second kappa shape index (κ2) is 5.52. The van der Waals surface area contributed by atoms with Crippen LogP contribution in [0.25, 0.3) is 0 Å². The average Bonchev–Trinajstić information content (AvgIpc) is 2.37. The smallest absolute Gasteiger partial charge is 0.240 e. The lowest BCUT2D eigenvalue weighted by atomic mass is 9.93. The molecule has 0 saturated heterocycles. The molecule has 1 atom stereocenters. The first kappa shape index (κ1) is 13.1. The molecule has 1 heterocycles. The SMILES string of the molecule is NC(=O)[C@@H]1Cc2ccccc2CN1C(=O)CCBr. The van der Waals surface area contributed by atoms with E-state index in [1.165, 1.54) is 0 Å². The quantitative estimate of drug-likeness (QED) is 0.853. The van der Waals surface area contributed by atoms with Crippen molar-refractivity contribution in [2.45, 2.75) is 25.4 Å². The largest absolute Gasteiger partial charge is 0.368 e. The molecule has 18 heavy (non-hydrogen) atoms.